The Bertz CT molecular complexity index is 851. The number of nitrogens with zero attached hydrogens (tertiary/aromatic N) is 3. The topological polar surface area (TPSA) is 41.0 Å². The fourth-order valence-corrected chi connectivity index (χ4v) is 3.98. The van der Waals surface area contributed by atoms with E-state index in [0.29, 0.717) is 6.04 Å². The Hall–Kier alpha value is -2.11. The molecule has 0 radical (unpaired) electrons. The smallest absolute Gasteiger partial charge is 0.162 e. The Kier molecular flexibility index (Phi) is 7.07. The zero-order valence-electron chi connectivity index (χ0n) is 16.4. The van der Waals surface area contributed by atoms with Gasteiger partial charge in [0.1, 0.15) is 5.82 Å². The van der Waals surface area contributed by atoms with Gasteiger partial charge in [-0.1, -0.05) is 68.3 Å². The molecule has 2 heterocycles. The zero-order chi connectivity index (χ0) is 19.1. The Morgan fingerprint density at radius 3 is 2.52 bits per heavy atom. The van der Waals surface area contributed by atoms with Gasteiger partial charge in [0.2, 0.25) is 0 Å². The number of piperidine rings is 1. The second-order valence-electron chi connectivity index (χ2n) is 6.36. The average Bonchev–Trinajstić information content (AvgIpc) is 2.75. The molecule has 5 heteroatoms. The van der Waals surface area contributed by atoms with Crippen LogP contribution in [0.1, 0.15) is 26.7 Å². The van der Waals surface area contributed by atoms with Gasteiger partial charge in [-0.05, 0) is 31.2 Å². The number of benzene rings is 2. The fraction of sp³-hybridized carbons (Fsp3) is 0.364. The Morgan fingerprint density at radius 1 is 1.00 bits per heavy atom. The third kappa shape index (κ3) is 4.60. The van der Waals surface area contributed by atoms with E-state index < -0.39 is 0 Å². The van der Waals surface area contributed by atoms with E-state index in [1.54, 1.807) is 11.9 Å². The molecule has 1 atom stereocenters. The summed E-state index contributed by atoms with van der Waals surface area (Å²) in [7, 11) is 0. The summed E-state index contributed by atoms with van der Waals surface area (Å²) in [4.78, 5) is 12.2. The Balaban J connectivity index is 0.00000102. The summed E-state index contributed by atoms with van der Waals surface area (Å²) in [5.41, 5.74) is 2.07. The highest BCUT2D eigenvalue weighted by molar-refractivity contribution is 7.96. The maximum atomic E-state index is 4.97. The van der Waals surface area contributed by atoms with Gasteiger partial charge in [-0.25, -0.2) is 9.97 Å². The zero-order valence-corrected chi connectivity index (χ0v) is 17.2. The molecule has 0 aliphatic carbocycles. The third-order valence-electron chi connectivity index (χ3n) is 4.62. The summed E-state index contributed by atoms with van der Waals surface area (Å²) in [5.74, 6) is 1.85. The van der Waals surface area contributed by atoms with Crippen LogP contribution in [-0.4, -0.2) is 35.4 Å². The molecule has 1 N–H and O–H groups in total. The molecule has 3 aromatic rings. The molecule has 4 rings (SSSR count). The van der Waals surface area contributed by atoms with Crippen LogP contribution in [0.25, 0.3) is 22.3 Å². The van der Waals surface area contributed by atoms with E-state index in [1.165, 1.54) is 12.8 Å². The number of fused-ring (bicyclic) bond motifs is 1. The van der Waals surface area contributed by atoms with Crippen LogP contribution in [0, 0.1) is 0 Å². The van der Waals surface area contributed by atoms with Crippen LogP contribution < -0.4 is 9.62 Å². The van der Waals surface area contributed by atoms with Gasteiger partial charge in [-0.15, -0.1) is 0 Å². The van der Waals surface area contributed by atoms with Gasteiger partial charge in [-0.3, -0.25) is 4.72 Å². The molecule has 2 aromatic carbocycles. The minimum atomic E-state index is 0.498. The van der Waals surface area contributed by atoms with Gasteiger partial charge in [0, 0.05) is 30.1 Å². The van der Waals surface area contributed by atoms with Crippen LogP contribution >= 0.6 is 11.9 Å². The lowest BCUT2D eigenvalue weighted by molar-refractivity contribution is 0.483. The van der Waals surface area contributed by atoms with Crippen molar-refractivity contribution in [3.05, 3.63) is 54.6 Å². The van der Waals surface area contributed by atoms with Crippen LogP contribution in [0.4, 0.5) is 5.82 Å². The number of para-hydroxylation sites is 1. The van der Waals surface area contributed by atoms with Crippen LogP contribution in [0.15, 0.2) is 54.6 Å². The number of hydrogen-bond acceptors (Lipinski definition) is 5. The predicted octanol–water partition coefficient (Wildman–Crippen LogP) is 5.16. The molecular formula is C22H28N4S. The maximum Gasteiger partial charge on any atom is 0.162 e. The van der Waals surface area contributed by atoms with Crippen molar-refractivity contribution in [1.29, 1.82) is 0 Å². The van der Waals surface area contributed by atoms with Gasteiger partial charge < -0.3 is 4.90 Å². The predicted molar refractivity (Wildman–Crippen MR) is 118 cm³/mol. The highest BCUT2D eigenvalue weighted by Gasteiger charge is 2.23. The summed E-state index contributed by atoms with van der Waals surface area (Å²) in [6.45, 7) is 6.03. The highest BCUT2D eigenvalue weighted by atomic mass is 32.2. The van der Waals surface area contributed by atoms with E-state index in [0.717, 1.165) is 41.2 Å². The van der Waals surface area contributed by atoms with Gasteiger partial charge in [0.25, 0.3) is 0 Å². The third-order valence-corrected chi connectivity index (χ3v) is 5.19. The van der Waals surface area contributed by atoms with Crippen LogP contribution in [-0.2, 0) is 0 Å². The lowest BCUT2D eigenvalue weighted by Gasteiger charge is -2.34. The summed E-state index contributed by atoms with van der Waals surface area (Å²) >= 11 is 1.70. The van der Waals surface area contributed by atoms with E-state index in [2.05, 4.69) is 46.2 Å². The first-order chi connectivity index (χ1) is 13.3. The molecule has 1 saturated heterocycles. The van der Waals surface area contributed by atoms with E-state index in [9.17, 15) is 0 Å². The monoisotopic (exact) mass is 380 g/mol. The number of nitrogens with one attached hydrogen (secondary N) is 1. The molecule has 4 nitrogen and oxygen atoms in total. The largest absolute Gasteiger partial charge is 0.354 e. The number of rotatable bonds is 4. The first-order valence-corrected chi connectivity index (χ1v) is 10.9. The molecule has 0 saturated carbocycles. The van der Waals surface area contributed by atoms with E-state index in [1.807, 2.05) is 38.1 Å². The molecule has 1 aliphatic rings. The second-order valence-corrected chi connectivity index (χ2v) is 7.01. The maximum absolute atomic E-state index is 4.97. The molecule has 0 spiro atoms. The number of anilines is 1. The lowest BCUT2D eigenvalue weighted by Crippen LogP contribution is -2.44. The highest BCUT2D eigenvalue weighted by Crippen LogP contribution is 2.29. The minimum Gasteiger partial charge on any atom is -0.354 e. The van der Waals surface area contributed by atoms with Crippen molar-refractivity contribution < 1.29 is 0 Å². The summed E-state index contributed by atoms with van der Waals surface area (Å²) in [5, 5.41) is 1.13. The quantitative estimate of drug-likeness (QED) is 0.633. The summed E-state index contributed by atoms with van der Waals surface area (Å²) < 4.78 is 3.51. The molecule has 1 unspecified atom stereocenters. The molecule has 1 aromatic heterocycles. The SMILES string of the molecule is CC.CSNC1CCCN(c2nc(-c3ccccc3)nc3ccccc23)C1. The summed E-state index contributed by atoms with van der Waals surface area (Å²) in [6.07, 6.45) is 4.48. The minimum absolute atomic E-state index is 0.498. The van der Waals surface area contributed by atoms with Gasteiger partial charge in [0.15, 0.2) is 5.82 Å². The molecule has 0 amide bonds. The van der Waals surface area contributed by atoms with Gasteiger partial charge in [-0.2, -0.15) is 0 Å². The van der Waals surface area contributed by atoms with Crippen molar-refractivity contribution >= 4 is 28.7 Å². The van der Waals surface area contributed by atoms with E-state index in [4.69, 9.17) is 9.97 Å². The molecule has 142 valence electrons. The van der Waals surface area contributed by atoms with Crippen molar-refractivity contribution in [2.75, 3.05) is 24.2 Å². The van der Waals surface area contributed by atoms with Crippen LogP contribution in [0.2, 0.25) is 0 Å². The van der Waals surface area contributed by atoms with E-state index >= 15 is 0 Å². The van der Waals surface area contributed by atoms with Crippen molar-refractivity contribution in [2.24, 2.45) is 0 Å². The van der Waals surface area contributed by atoms with Crippen LogP contribution in [0.3, 0.4) is 0 Å². The average molecular weight is 381 g/mol. The first kappa shape index (κ1) is 19.6. The number of hydrogen-bond donors (Lipinski definition) is 1. The first-order valence-electron chi connectivity index (χ1n) is 9.71. The lowest BCUT2D eigenvalue weighted by atomic mass is 10.1. The van der Waals surface area contributed by atoms with E-state index in [-0.39, 0.29) is 0 Å². The standard InChI is InChI=1S/C20H22N4S.C2H6/c1-25-23-16-10-7-13-24(14-16)20-17-11-5-6-12-18(17)21-19(22-20)15-8-3-2-4-9-15;1-2/h2-6,8-9,11-12,16,23H,7,10,13-14H2,1H3;1-2H3. The van der Waals surface area contributed by atoms with Crippen molar-refractivity contribution in [2.45, 2.75) is 32.7 Å². The molecule has 1 fully saturated rings. The molecule has 27 heavy (non-hydrogen) atoms. The molecule has 0 bridgehead atoms. The normalized spacial score (nSPS) is 16.7. The fourth-order valence-electron chi connectivity index (χ4n) is 3.45. The summed E-state index contributed by atoms with van der Waals surface area (Å²) in [6, 6.07) is 19.1. The van der Waals surface area contributed by atoms with Crippen molar-refractivity contribution in [3.8, 4) is 11.4 Å². The van der Waals surface area contributed by atoms with Crippen LogP contribution in [0.5, 0.6) is 0 Å². The number of aromatic nitrogens is 2. The molecular weight excluding hydrogens is 352 g/mol. The Morgan fingerprint density at radius 2 is 1.74 bits per heavy atom. The molecule has 1 aliphatic heterocycles. The van der Waals surface area contributed by atoms with Crippen molar-refractivity contribution in [1.82, 2.24) is 14.7 Å². The van der Waals surface area contributed by atoms with Gasteiger partial charge >= 0.3 is 0 Å². The Labute approximate surface area is 166 Å². The van der Waals surface area contributed by atoms with Gasteiger partial charge in [0.05, 0.1) is 5.52 Å². The second kappa shape index (κ2) is 9.72. The van der Waals surface area contributed by atoms with Crippen molar-refractivity contribution in [3.63, 3.8) is 0 Å².